The van der Waals surface area contributed by atoms with Crippen LogP contribution in [0.2, 0.25) is 0 Å². The van der Waals surface area contributed by atoms with Crippen LogP contribution in [0.3, 0.4) is 0 Å². The van der Waals surface area contributed by atoms with Crippen molar-refractivity contribution in [3.05, 3.63) is 241 Å². The lowest BCUT2D eigenvalue weighted by molar-refractivity contribution is 0.0726. The Hall–Kier alpha value is -7.96. The van der Waals surface area contributed by atoms with Gasteiger partial charge in [0.05, 0.1) is 0 Å². The predicted molar refractivity (Wildman–Crippen MR) is 236 cm³/mol. The van der Waals surface area contributed by atoms with E-state index in [1.807, 2.05) is 170 Å². The van der Waals surface area contributed by atoms with E-state index in [9.17, 15) is 0 Å². The van der Waals surface area contributed by atoms with Crippen molar-refractivity contribution in [1.82, 2.24) is 0 Å². The van der Waals surface area contributed by atoms with Crippen LogP contribution in [-0.4, -0.2) is 0 Å². The van der Waals surface area contributed by atoms with Crippen molar-refractivity contribution in [2.24, 2.45) is 0 Å². The van der Waals surface area contributed by atoms with E-state index in [1.165, 1.54) is 10.5 Å². The third-order valence-corrected chi connectivity index (χ3v) is 9.03. The fourth-order valence-corrected chi connectivity index (χ4v) is 5.93. The van der Waals surface area contributed by atoms with Crippen molar-refractivity contribution < 1.29 is 19.4 Å². The third-order valence-electron chi connectivity index (χ3n) is 9.03. The van der Waals surface area contributed by atoms with Gasteiger partial charge >= 0.3 is 0 Å². The first kappa shape index (κ1) is 37.0. The third kappa shape index (κ3) is 10.2. The van der Waals surface area contributed by atoms with Crippen molar-refractivity contribution in [1.29, 1.82) is 0 Å². The monoisotopic (exact) mass is 756 g/mol. The summed E-state index contributed by atoms with van der Waals surface area (Å²) in [7, 11) is 0. The molecule has 0 saturated carbocycles. The van der Waals surface area contributed by atoms with Crippen molar-refractivity contribution in [2.75, 3.05) is 10.5 Å². The van der Waals surface area contributed by atoms with Gasteiger partial charge in [0.2, 0.25) is 0 Å². The molecule has 0 spiro atoms. The normalized spacial score (nSPS) is 11.0. The van der Waals surface area contributed by atoms with Gasteiger partial charge in [-0.05, 0) is 117 Å². The number of hydrogen-bond acceptors (Lipinski definition) is 6. The van der Waals surface area contributed by atoms with Crippen molar-refractivity contribution >= 4 is 35.7 Å². The Bertz CT molecular complexity index is 2250. The zero-order valence-electron chi connectivity index (χ0n) is 31.6. The number of benzene rings is 8. The van der Waals surface area contributed by atoms with Crippen LogP contribution in [-0.2, 0) is 0 Å². The molecule has 0 bridgehead atoms. The molecule has 0 aliphatic heterocycles. The fourth-order valence-electron chi connectivity index (χ4n) is 5.93. The molecular weight excluding hydrogens is 717 g/mol. The molecule has 58 heavy (non-hydrogen) atoms. The van der Waals surface area contributed by atoms with Crippen molar-refractivity contribution in [3.8, 4) is 34.1 Å². The maximum Gasteiger partial charge on any atom is 0.159 e. The second-order valence-corrected chi connectivity index (χ2v) is 13.2. The summed E-state index contributed by atoms with van der Waals surface area (Å²) in [6.45, 7) is 0. The first-order chi connectivity index (χ1) is 28.7. The number of anilines is 2. The smallest absolute Gasteiger partial charge is 0.159 e. The Morgan fingerprint density at radius 2 is 0.466 bits per heavy atom. The minimum absolute atomic E-state index is 0.672. The minimum atomic E-state index is 0.672. The van der Waals surface area contributed by atoms with Crippen LogP contribution >= 0.6 is 0 Å². The van der Waals surface area contributed by atoms with E-state index < -0.39 is 0 Å². The predicted octanol–water partition coefficient (Wildman–Crippen LogP) is 13.3. The Morgan fingerprint density at radius 1 is 0.241 bits per heavy atom. The number of hydrogen-bond donors (Lipinski definition) is 0. The van der Waals surface area contributed by atoms with Gasteiger partial charge in [-0.25, -0.2) is 0 Å². The molecule has 282 valence electrons. The molecule has 6 nitrogen and oxygen atoms in total. The highest BCUT2D eigenvalue weighted by atomic mass is 17.0. The summed E-state index contributed by atoms with van der Waals surface area (Å²) in [5.41, 5.74) is 8.18. The van der Waals surface area contributed by atoms with E-state index in [1.54, 1.807) is 0 Å². The Labute approximate surface area is 339 Å². The van der Waals surface area contributed by atoms with Crippen molar-refractivity contribution in [2.45, 2.75) is 0 Å². The highest BCUT2D eigenvalue weighted by molar-refractivity contribution is 5.75. The highest BCUT2D eigenvalue weighted by Crippen LogP contribution is 2.26. The highest BCUT2D eigenvalue weighted by Gasteiger charge is 2.13. The Balaban J connectivity index is 0.875. The Morgan fingerprint density at radius 3 is 0.707 bits per heavy atom. The van der Waals surface area contributed by atoms with E-state index in [0.717, 1.165) is 44.8 Å². The maximum absolute atomic E-state index is 6.08. The molecule has 0 radical (unpaired) electrons. The van der Waals surface area contributed by atoms with Crippen LogP contribution < -0.4 is 29.8 Å². The Kier molecular flexibility index (Phi) is 11.9. The second kappa shape index (κ2) is 18.6. The SMILES string of the molecule is C(=Cc1ccc(N(Oc2ccccc2)Oc2ccccc2)cc1)c1ccc(-c2ccc(C=Cc3ccc(N(Oc4ccccc4)Oc4ccccc4)cc3)cc2)cc1. The molecule has 0 aliphatic rings. The minimum Gasteiger partial charge on any atom is -0.345 e. The lowest BCUT2D eigenvalue weighted by Gasteiger charge is -2.23. The van der Waals surface area contributed by atoms with Crippen LogP contribution in [0.4, 0.5) is 11.4 Å². The molecule has 0 saturated heterocycles. The van der Waals surface area contributed by atoms with Gasteiger partial charge in [-0.15, -0.1) is 0 Å². The molecule has 8 aromatic carbocycles. The summed E-state index contributed by atoms with van der Waals surface area (Å²) in [6.07, 6.45) is 8.42. The van der Waals surface area contributed by atoms with Crippen LogP contribution in [0.25, 0.3) is 35.4 Å². The van der Waals surface area contributed by atoms with Crippen LogP contribution in [0.5, 0.6) is 23.0 Å². The van der Waals surface area contributed by atoms with Crippen molar-refractivity contribution in [3.63, 3.8) is 0 Å². The topological polar surface area (TPSA) is 43.4 Å². The fraction of sp³-hybridized carbons (Fsp3) is 0. The molecule has 0 heterocycles. The van der Waals surface area contributed by atoms with Crippen LogP contribution in [0, 0.1) is 0 Å². The van der Waals surface area contributed by atoms with Gasteiger partial charge in [0.1, 0.15) is 11.4 Å². The van der Waals surface area contributed by atoms with Gasteiger partial charge in [0.15, 0.2) is 23.0 Å². The van der Waals surface area contributed by atoms with Gasteiger partial charge < -0.3 is 19.4 Å². The molecule has 8 rings (SSSR count). The molecule has 0 amide bonds. The van der Waals surface area contributed by atoms with Gasteiger partial charge in [-0.3, -0.25) is 0 Å². The first-order valence-corrected chi connectivity index (χ1v) is 19.0. The molecule has 0 N–H and O–H groups in total. The average Bonchev–Trinajstić information content (AvgIpc) is 3.29. The summed E-state index contributed by atoms with van der Waals surface area (Å²) >= 11 is 0. The number of para-hydroxylation sites is 4. The number of rotatable bonds is 15. The van der Waals surface area contributed by atoms with Crippen LogP contribution in [0.1, 0.15) is 22.3 Å². The summed E-state index contributed by atoms with van der Waals surface area (Å²) in [5, 5.41) is 2.86. The van der Waals surface area contributed by atoms with Gasteiger partial charge in [-0.2, -0.15) is 0 Å². The molecule has 0 aromatic heterocycles. The molecule has 6 heteroatoms. The summed E-state index contributed by atoms with van der Waals surface area (Å²) in [4.78, 5) is 24.3. The lowest BCUT2D eigenvalue weighted by atomic mass is 10.0. The molecule has 0 fully saturated rings. The summed E-state index contributed by atoms with van der Waals surface area (Å²) < 4.78 is 0. The van der Waals surface area contributed by atoms with E-state index >= 15 is 0 Å². The second-order valence-electron chi connectivity index (χ2n) is 13.2. The molecule has 0 unspecified atom stereocenters. The molecule has 0 atom stereocenters. The zero-order chi connectivity index (χ0) is 39.2. The quantitative estimate of drug-likeness (QED) is 0.0767. The van der Waals surface area contributed by atoms with Gasteiger partial charge in [-0.1, -0.05) is 170 Å². The molecule has 0 aliphatic carbocycles. The maximum atomic E-state index is 6.08. The molecular formula is C52H40N2O4. The largest absolute Gasteiger partial charge is 0.345 e. The summed E-state index contributed by atoms with van der Waals surface area (Å²) in [5.74, 6) is 2.69. The van der Waals surface area contributed by atoms with Gasteiger partial charge in [0.25, 0.3) is 0 Å². The van der Waals surface area contributed by atoms with E-state index in [4.69, 9.17) is 19.4 Å². The number of nitrogens with zero attached hydrogens (tertiary/aromatic N) is 2. The molecule has 8 aromatic rings. The zero-order valence-corrected chi connectivity index (χ0v) is 31.6. The van der Waals surface area contributed by atoms with Gasteiger partial charge in [0, 0.05) is 0 Å². The summed E-state index contributed by atoms with van der Waals surface area (Å²) in [6, 6.07) is 71.5. The van der Waals surface area contributed by atoms with Crippen LogP contribution in [0.15, 0.2) is 218 Å². The van der Waals surface area contributed by atoms with E-state index in [-0.39, 0.29) is 0 Å². The average molecular weight is 757 g/mol. The first-order valence-electron chi connectivity index (χ1n) is 19.0. The lowest BCUT2D eigenvalue weighted by Crippen LogP contribution is -2.31. The standard InChI is InChI=1S/C52H40N2O4/c1-5-13-49(14-6-1)55-53(56-50-15-7-2-8-16-50)47-37-29-43(30-38-47)23-21-41-25-33-45(34-26-41)46-35-27-42(28-36-46)22-24-44-31-39-48(40-32-44)54(57-51-17-9-3-10-18-51)58-52-19-11-4-12-20-52/h1-40H. The van der Waals surface area contributed by atoms with E-state index in [0.29, 0.717) is 23.0 Å². The van der Waals surface area contributed by atoms with E-state index in [2.05, 4.69) is 72.8 Å².